The number of aryl methyl sites for hydroxylation is 3. The van der Waals surface area contributed by atoms with Gasteiger partial charge in [-0.2, -0.15) is 10.5 Å². The van der Waals surface area contributed by atoms with E-state index in [0.717, 1.165) is 16.7 Å². The minimum atomic E-state index is -0.400. The van der Waals surface area contributed by atoms with Crippen molar-refractivity contribution in [3.05, 3.63) is 69.8 Å². The monoisotopic (exact) mass is 316 g/mol. The molecule has 118 valence electrons. The summed E-state index contributed by atoms with van der Waals surface area (Å²) >= 11 is 0. The summed E-state index contributed by atoms with van der Waals surface area (Å²) < 4.78 is 5.42. The number of benzene rings is 2. The maximum atomic E-state index is 12.4. The van der Waals surface area contributed by atoms with Crippen LogP contribution in [0.1, 0.15) is 32.6 Å². The second kappa shape index (κ2) is 7.26. The number of allylic oxidation sites excluding steroid dienone is 1. The second-order valence-corrected chi connectivity index (χ2v) is 5.51. The number of ether oxygens (including phenoxy) is 1. The highest BCUT2D eigenvalue weighted by atomic mass is 16.5. The van der Waals surface area contributed by atoms with Crippen LogP contribution in [0.5, 0.6) is 5.75 Å². The van der Waals surface area contributed by atoms with Gasteiger partial charge in [0.1, 0.15) is 23.5 Å². The minimum absolute atomic E-state index is 0.0191. The number of nitrogens with zero attached hydrogens (tertiary/aromatic N) is 2. The van der Waals surface area contributed by atoms with E-state index in [1.807, 2.05) is 32.9 Å². The van der Waals surface area contributed by atoms with Crippen molar-refractivity contribution >= 4 is 12.0 Å². The van der Waals surface area contributed by atoms with Gasteiger partial charge in [-0.1, -0.05) is 29.8 Å². The van der Waals surface area contributed by atoms with Crippen LogP contribution < -0.4 is 4.74 Å². The van der Waals surface area contributed by atoms with E-state index in [0.29, 0.717) is 16.9 Å². The fourth-order valence-corrected chi connectivity index (χ4v) is 2.55. The Hall–Kier alpha value is -3.37. The molecule has 4 heteroatoms. The molecule has 0 saturated heterocycles. The van der Waals surface area contributed by atoms with E-state index in [9.17, 15) is 4.79 Å². The SMILES string of the molecule is Cc1cc(C)c(C(=O)Oc2ccc(C=C(C#N)C#N)cc2)c(C)c1. The van der Waals surface area contributed by atoms with E-state index < -0.39 is 5.97 Å². The second-order valence-electron chi connectivity index (χ2n) is 5.51. The molecule has 0 saturated carbocycles. The fraction of sp³-hybridized carbons (Fsp3) is 0.150. The molecule has 0 atom stereocenters. The first-order valence-corrected chi connectivity index (χ1v) is 7.36. The predicted octanol–water partition coefficient (Wildman–Crippen LogP) is 4.26. The van der Waals surface area contributed by atoms with Crippen LogP contribution in [0.4, 0.5) is 0 Å². The van der Waals surface area contributed by atoms with Gasteiger partial charge in [0, 0.05) is 0 Å². The Bertz CT molecular complexity index is 856. The Morgan fingerprint density at radius 2 is 1.54 bits per heavy atom. The first kappa shape index (κ1) is 17.0. The standard InChI is InChI=1S/C20H16N2O2/c1-13-8-14(2)19(15(3)9-13)20(23)24-18-6-4-16(5-7-18)10-17(11-21)12-22/h4-10H,1-3H3. The molecule has 0 unspecified atom stereocenters. The molecule has 0 spiro atoms. The van der Waals surface area contributed by atoms with Crippen LogP contribution in [0.2, 0.25) is 0 Å². The average Bonchev–Trinajstić information content (AvgIpc) is 2.53. The Labute approximate surface area is 141 Å². The molecular weight excluding hydrogens is 300 g/mol. The van der Waals surface area contributed by atoms with Crippen LogP contribution in [-0.2, 0) is 0 Å². The van der Waals surface area contributed by atoms with Crippen molar-refractivity contribution in [1.29, 1.82) is 10.5 Å². The van der Waals surface area contributed by atoms with Crippen LogP contribution in [-0.4, -0.2) is 5.97 Å². The maximum absolute atomic E-state index is 12.4. The summed E-state index contributed by atoms with van der Waals surface area (Å²) in [5.74, 6) is 0.00928. The number of carbonyl (C=O) groups is 1. The van der Waals surface area contributed by atoms with Crippen molar-refractivity contribution < 1.29 is 9.53 Å². The molecule has 4 nitrogen and oxygen atoms in total. The zero-order chi connectivity index (χ0) is 17.7. The van der Waals surface area contributed by atoms with Crippen LogP contribution in [0.3, 0.4) is 0 Å². The van der Waals surface area contributed by atoms with E-state index in [-0.39, 0.29) is 5.57 Å². The Morgan fingerprint density at radius 1 is 1.00 bits per heavy atom. The summed E-state index contributed by atoms with van der Waals surface area (Å²) in [6, 6.07) is 14.1. The molecule has 0 bridgehead atoms. The van der Waals surface area contributed by atoms with Gasteiger partial charge in [0.15, 0.2) is 0 Å². The molecule has 2 aromatic rings. The van der Waals surface area contributed by atoms with Crippen molar-refractivity contribution in [3.8, 4) is 17.9 Å². The summed E-state index contributed by atoms with van der Waals surface area (Å²) in [6.45, 7) is 5.75. The highest BCUT2D eigenvalue weighted by Crippen LogP contribution is 2.20. The van der Waals surface area contributed by atoms with Gasteiger partial charge in [-0.05, 0) is 55.7 Å². The molecule has 0 aliphatic heterocycles. The van der Waals surface area contributed by atoms with Gasteiger partial charge in [0.25, 0.3) is 0 Å². The number of rotatable bonds is 3. The van der Waals surface area contributed by atoms with Gasteiger partial charge < -0.3 is 4.74 Å². The van der Waals surface area contributed by atoms with Crippen LogP contribution in [0.25, 0.3) is 6.08 Å². The number of hydrogen-bond donors (Lipinski definition) is 0. The Morgan fingerprint density at radius 3 is 2.04 bits per heavy atom. The molecule has 24 heavy (non-hydrogen) atoms. The van der Waals surface area contributed by atoms with Crippen molar-refractivity contribution in [3.63, 3.8) is 0 Å². The lowest BCUT2D eigenvalue weighted by Gasteiger charge is -2.11. The average molecular weight is 316 g/mol. The first-order valence-electron chi connectivity index (χ1n) is 7.36. The molecule has 0 heterocycles. The maximum Gasteiger partial charge on any atom is 0.344 e. The van der Waals surface area contributed by atoms with Gasteiger partial charge in [-0.25, -0.2) is 4.79 Å². The lowest BCUT2D eigenvalue weighted by molar-refractivity contribution is 0.0733. The Balaban J connectivity index is 2.21. The smallest absolute Gasteiger partial charge is 0.344 e. The summed E-state index contributed by atoms with van der Waals surface area (Å²) in [6.07, 6.45) is 1.47. The summed E-state index contributed by atoms with van der Waals surface area (Å²) in [7, 11) is 0. The molecule has 0 aliphatic carbocycles. The highest BCUT2D eigenvalue weighted by molar-refractivity contribution is 5.94. The number of carbonyl (C=O) groups excluding carboxylic acids is 1. The molecule has 0 fully saturated rings. The largest absolute Gasteiger partial charge is 0.423 e. The molecule has 2 rings (SSSR count). The summed E-state index contributed by atoms with van der Waals surface area (Å²) in [5.41, 5.74) is 4.14. The molecule has 0 N–H and O–H groups in total. The van der Waals surface area contributed by atoms with Crippen LogP contribution >= 0.6 is 0 Å². The number of hydrogen-bond acceptors (Lipinski definition) is 4. The third kappa shape index (κ3) is 3.88. The van der Waals surface area contributed by atoms with E-state index in [4.69, 9.17) is 15.3 Å². The van der Waals surface area contributed by atoms with Crippen molar-refractivity contribution in [1.82, 2.24) is 0 Å². The van der Waals surface area contributed by atoms with E-state index in [1.165, 1.54) is 6.08 Å². The molecular formula is C20H16N2O2. The van der Waals surface area contributed by atoms with Crippen molar-refractivity contribution in [2.24, 2.45) is 0 Å². The lowest BCUT2D eigenvalue weighted by Crippen LogP contribution is -2.12. The van der Waals surface area contributed by atoms with E-state index >= 15 is 0 Å². The predicted molar refractivity (Wildman–Crippen MR) is 91.3 cm³/mol. The molecule has 0 radical (unpaired) electrons. The number of esters is 1. The van der Waals surface area contributed by atoms with Crippen LogP contribution in [0, 0.1) is 43.4 Å². The quantitative estimate of drug-likeness (QED) is 0.481. The third-order valence-corrected chi connectivity index (χ3v) is 3.52. The summed E-state index contributed by atoms with van der Waals surface area (Å²) in [4.78, 5) is 12.4. The number of nitriles is 2. The third-order valence-electron chi connectivity index (χ3n) is 3.52. The lowest BCUT2D eigenvalue weighted by atomic mass is 10.00. The molecule has 0 aromatic heterocycles. The van der Waals surface area contributed by atoms with Gasteiger partial charge in [0.2, 0.25) is 0 Å². The van der Waals surface area contributed by atoms with E-state index in [2.05, 4.69) is 0 Å². The zero-order valence-corrected chi connectivity index (χ0v) is 13.8. The van der Waals surface area contributed by atoms with Gasteiger partial charge in [-0.15, -0.1) is 0 Å². The molecule has 0 aliphatic rings. The first-order chi connectivity index (χ1) is 11.4. The highest BCUT2D eigenvalue weighted by Gasteiger charge is 2.15. The van der Waals surface area contributed by atoms with E-state index in [1.54, 1.807) is 36.4 Å². The van der Waals surface area contributed by atoms with Crippen LogP contribution in [0.15, 0.2) is 42.0 Å². The van der Waals surface area contributed by atoms with Gasteiger partial charge >= 0.3 is 5.97 Å². The van der Waals surface area contributed by atoms with Gasteiger partial charge in [-0.3, -0.25) is 0 Å². The Kier molecular flexibility index (Phi) is 5.14. The minimum Gasteiger partial charge on any atom is -0.423 e. The molecule has 2 aromatic carbocycles. The summed E-state index contributed by atoms with van der Waals surface area (Å²) in [5, 5.41) is 17.5. The normalized spacial score (nSPS) is 9.54. The van der Waals surface area contributed by atoms with Crippen molar-refractivity contribution in [2.75, 3.05) is 0 Å². The zero-order valence-electron chi connectivity index (χ0n) is 13.8. The van der Waals surface area contributed by atoms with Crippen molar-refractivity contribution in [2.45, 2.75) is 20.8 Å². The fourth-order valence-electron chi connectivity index (χ4n) is 2.55. The topological polar surface area (TPSA) is 73.9 Å². The van der Waals surface area contributed by atoms with Gasteiger partial charge in [0.05, 0.1) is 5.56 Å². The molecule has 0 amide bonds.